The molecule has 0 aromatic rings. The molecule has 0 spiro atoms. The van der Waals surface area contributed by atoms with E-state index < -0.39 is 0 Å². The van der Waals surface area contributed by atoms with Gasteiger partial charge in [0.15, 0.2) is 0 Å². The first-order chi connectivity index (χ1) is 6.67. The summed E-state index contributed by atoms with van der Waals surface area (Å²) >= 11 is 2.11. The Morgan fingerprint density at radius 1 is 1.36 bits per heavy atom. The fourth-order valence-electron chi connectivity index (χ4n) is 1.92. The van der Waals surface area contributed by atoms with Crippen LogP contribution < -0.4 is 5.32 Å². The van der Waals surface area contributed by atoms with Crippen molar-refractivity contribution in [2.75, 3.05) is 18.1 Å². The van der Waals surface area contributed by atoms with E-state index in [1.54, 1.807) is 0 Å². The molecule has 1 saturated heterocycles. The first kappa shape index (κ1) is 12.4. The summed E-state index contributed by atoms with van der Waals surface area (Å²) in [6, 6.07) is 0.734. The number of hydrogen-bond donors (Lipinski definition) is 1. The third-order valence-corrected chi connectivity index (χ3v) is 4.35. The highest BCUT2D eigenvalue weighted by Crippen LogP contribution is 2.33. The van der Waals surface area contributed by atoms with E-state index in [0.29, 0.717) is 5.41 Å². The van der Waals surface area contributed by atoms with Gasteiger partial charge < -0.3 is 5.32 Å². The van der Waals surface area contributed by atoms with Crippen molar-refractivity contribution in [3.05, 3.63) is 0 Å². The highest BCUT2D eigenvalue weighted by Gasteiger charge is 2.31. The Balaban J connectivity index is 2.20. The molecule has 84 valence electrons. The van der Waals surface area contributed by atoms with Gasteiger partial charge in [-0.2, -0.15) is 11.8 Å². The highest BCUT2D eigenvalue weighted by molar-refractivity contribution is 7.99. The predicted octanol–water partition coefficient (Wildman–Crippen LogP) is 3.30. The van der Waals surface area contributed by atoms with Crippen LogP contribution in [0.1, 0.15) is 46.5 Å². The van der Waals surface area contributed by atoms with Crippen molar-refractivity contribution < 1.29 is 0 Å². The van der Waals surface area contributed by atoms with Gasteiger partial charge in [-0.1, -0.05) is 33.6 Å². The molecule has 1 nitrogen and oxygen atoms in total. The molecule has 1 atom stereocenters. The summed E-state index contributed by atoms with van der Waals surface area (Å²) in [5.41, 5.74) is 0.511. The highest BCUT2D eigenvalue weighted by atomic mass is 32.2. The lowest BCUT2D eigenvalue weighted by Gasteiger charge is -2.39. The molecular formula is C12H25NS. The minimum atomic E-state index is 0.511. The van der Waals surface area contributed by atoms with E-state index in [2.05, 4.69) is 37.8 Å². The van der Waals surface area contributed by atoms with Gasteiger partial charge in [0, 0.05) is 11.8 Å². The lowest BCUT2D eigenvalue weighted by molar-refractivity contribution is 0.245. The molecule has 1 heterocycles. The van der Waals surface area contributed by atoms with Crippen LogP contribution in [0.25, 0.3) is 0 Å². The van der Waals surface area contributed by atoms with Gasteiger partial charge in [0.1, 0.15) is 0 Å². The third kappa shape index (κ3) is 3.82. The van der Waals surface area contributed by atoms with Crippen LogP contribution in [0.4, 0.5) is 0 Å². The van der Waals surface area contributed by atoms with Crippen LogP contribution in [0.2, 0.25) is 0 Å². The smallest absolute Gasteiger partial charge is 0.0209 e. The summed E-state index contributed by atoms with van der Waals surface area (Å²) in [6.45, 7) is 8.29. The monoisotopic (exact) mass is 215 g/mol. The zero-order valence-electron chi connectivity index (χ0n) is 9.94. The normalized spacial score (nSPS) is 26.4. The van der Waals surface area contributed by atoms with Crippen LogP contribution >= 0.6 is 11.8 Å². The molecule has 2 heteroatoms. The van der Waals surface area contributed by atoms with Crippen LogP contribution in [0.5, 0.6) is 0 Å². The molecule has 14 heavy (non-hydrogen) atoms. The third-order valence-electron chi connectivity index (χ3n) is 3.29. The van der Waals surface area contributed by atoms with Gasteiger partial charge >= 0.3 is 0 Å². The van der Waals surface area contributed by atoms with E-state index in [1.807, 2.05) is 0 Å². The molecule has 0 bridgehead atoms. The second-order valence-corrected chi connectivity index (χ2v) is 6.18. The van der Waals surface area contributed by atoms with Crippen LogP contribution in [0.3, 0.4) is 0 Å². The van der Waals surface area contributed by atoms with Crippen molar-refractivity contribution in [2.24, 2.45) is 5.41 Å². The first-order valence-electron chi connectivity index (χ1n) is 5.98. The van der Waals surface area contributed by atoms with Crippen molar-refractivity contribution in [1.82, 2.24) is 5.32 Å². The van der Waals surface area contributed by atoms with Crippen LogP contribution in [-0.4, -0.2) is 24.1 Å². The molecule has 1 N–H and O–H groups in total. The average Bonchev–Trinajstić information content (AvgIpc) is 2.14. The fourth-order valence-corrected chi connectivity index (χ4v) is 3.56. The summed E-state index contributed by atoms with van der Waals surface area (Å²) in [4.78, 5) is 0. The number of hydrogen-bond acceptors (Lipinski definition) is 2. The molecule has 1 fully saturated rings. The Morgan fingerprint density at radius 2 is 2.14 bits per heavy atom. The van der Waals surface area contributed by atoms with E-state index in [9.17, 15) is 0 Å². The topological polar surface area (TPSA) is 12.0 Å². The zero-order chi connectivity index (χ0) is 10.4. The molecule has 0 aliphatic carbocycles. The van der Waals surface area contributed by atoms with Gasteiger partial charge in [-0.15, -0.1) is 0 Å². The Kier molecular flexibility index (Phi) is 5.32. The second-order valence-electron chi connectivity index (χ2n) is 5.03. The molecule has 0 aromatic carbocycles. The SMILES string of the molecule is CCCCCNC1CSCCC1(C)C. The average molecular weight is 215 g/mol. The Morgan fingerprint density at radius 3 is 2.79 bits per heavy atom. The lowest BCUT2D eigenvalue weighted by atomic mass is 9.82. The first-order valence-corrected chi connectivity index (χ1v) is 7.13. The van der Waals surface area contributed by atoms with Crippen LogP contribution in [-0.2, 0) is 0 Å². The molecule has 1 aliphatic heterocycles. The quantitative estimate of drug-likeness (QED) is 0.706. The minimum Gasteiger partial charge on any atom is -0.313 e. The molecule has 1 rings (SSSR count). The van der Waals surface area contributed by atoms with Gasteiger partial charge in [0.25, 0.3) is 0 Å². The lowest BCUT2D eigenvalue weighted by Crippen LogP contribution is -2.46. The van der Waals surface area contributed by atoms with Crippen molar-refractivity contribution in [2.45, 2.75) is 52.5 Å². The summed E-state index contributed by atoms with van der Waals surface area (Å²) in [5, 5.41) is 3.73. The summed E-state index contributed by atoms with van der Waals surface area (Å²) in [6.07, 6.45) is 5.40. The number of unbranched alkanes of at least 4 members (excludes halogenated alkanes) is 2. The van der Waals surface area contributed by atoms with Crippen molar-refractivity contribution in [3.8, 4) is 0 Å². The molecule has 1 aliphatic rings. The van der Waals surface area contributed by atoms with Gasteiger partial charge in [-0.25, -0.2) is 0 Å². The van der Waals surface area contributed by atoms with Crippen molar-refractivity contribution in [1.29, 1.82) is 0 Å². The van der Waals surface area contributed by atoms with Crippen molar-refractivity contribution in [3.63, 3.8) is 0 Å². The van der Waals surface area contributed by atoms with Gasteiger partial charge in [-0.05, 0) is 30.6 Å². The minimum absolute atomic E-state index is 0.511. The maximum atomic E-state index is 3.73. The van der Waals surface area contributed by atoms with Gasteiger partial charge in [0.05, 0.1) is 0 Å². The standard InChI is InChI=1S/C12H25NS/c1-4-5-6-8-13-11-10-14-9-7-12(11,2)3/h11,13H,4-10H2,1-3H3. The largest absolute Gasteiger partial charge is 0.313 e. The Bertz CT molecular complexity index is 156. The molecule has 0 aromatic heterocycles. The Hall–Kier alpha value is 0.310. The number of nitrogens with one attached hydrogen (secondary N) is 1. The molecule has 0 amide bonds. The fraction of sp³-hybridized carbons (Fsp3) is 1.00. The van der Waals surface area contributed by atoms with Crippen LogP contribution in [0.15, 0.2) is 0 Å². The molecule has 1 unspecified atom stereocenters. The second kappa shape index (κ2) is 6.02. The number of thioether (sulfide) groups is 1. The van der Waals surface area contributed by atoms with E-state index in [1.165, 1.54) is 43.7 Å². The van der Waals surface area contributed by atoms with E-state index in [0.717, 1.165) is 6.04 Å². The van der Waals surface area contributed by atoms with Gasteiger partial charge in [-0.3, -0.25) is 0 Å². The number of rotatable bonds is 5. The van der Waals surface area contributed by atoms with E-state index >= 15 is 0 Å². The van der Waals surface area contributed by atoms with E-state index in [-0.39, 0.29) is 0 Å². The summed E-state index contributed by atoms with van der Waals surface area (Å²) in [5.74, 6) is 2.65. The zero-order valence-corrected chi connectivity index (χ0v) is 10.8. The van der Waals surface area contributed by atoms with Gasteiger partial charge in [0.2, 0.25) is 0 Å². The maximum absolute atomic E-state index is 3.73. The summed E-state index contributed by atoms with van der Waals surface area (Å²) < 4.78 is 0. The Labute approximate surface area is 93.4 Å². The summed E-state index contributed by atoms with van der Waals surface area (Å²) in [7, 11) is 0. The maximum Gasteiger partial charge on any atom is 0.0209 e. The van der Waals surface area contributed by atoms with Crippen molar-refractivity contribution >= 4 is 11.8 Å². The predicted molar refractivity (Wildman–Crippen MR) is 67.0 cm³/mol. The van der Waals surface area contributed by atoms with E-state index in [4.69, 9.17) is 0 Å². The molecule has 0 saturated carbocycles. The molecular weight excluding hydrogens is 190 g/mol. The van der Waals surface area contributed by atoms with Crippen LogP contribution in [0, 0.1) is 5.41 Å². The molecule has 0 radical (unpaired) electrons.